The molecule has 1 radical (unpaired) electrons. The van der Waals surface area contributed by atoms with Gasteiger partial charge in [-0.25, -0.2) is 0 Å². The first-order valence-electron chi connectivity index (χ1n) is 0.986. The minimum Gasteiger partial charge on any atom is -0.103 e. The standard InChI is InChI=1S/C3H6.Mn/c1-3-2;/h3H,1H2,2H3;. The van der Waals surface area contributed by atoms with Gasteiger partial charge in [0, 0.05) is 17.1 Å². The Bertz CT molecular complexity index is 10.8. The Balaban J connectivity index is 0. The van der Waals surface area contributed by atoms with E-state index in [9.17, 15) is 0 Å². The molecule has 0 aromatic rings. The van der Waals surface area contributed by atoms with Gasteiger partial charge in [0.05, 0.1) is 0 Å². The van der Waals surface area contributed by atoms with Gasteiger partial charge in [-0.1, -0.05) is 6.08 Å². The summed E-state index contributed by atoms with van der Waals surface area (Å²) in [6.45, 7) is 5.25. The molecule has 0 aromatic carbocycles. The fraction of sp³-hybridized carbons (Fsp3) is 0.333. The molecule has 0 amide bonds. The molecule has 0 aliphatic rings. The van der Waals surface area contributed by atoms with Gasteiger partial charge in [-0.2, -0.15) is 0 Å². The second-order valence-electron chi connectivity index (χ2n) is 0.408. The van der Waals surface area contributed by atoms with E-state index in [1.807, 2.05) is 6.92 Å². The molecule has 0 N–H and O–H groups in total. The molecule has 25 valence electrons. The van der Waals surface area contributed by atoms with E-state index < -0.39 is 0 Å². The fourth-order valence-electron chi connectivity index (χ4n) is 0. The topological polar surface area (TPSA) is 0 Å². The van der Waals surface area contributed by atoms with Gasteiger partial charge in [-0.15, -0.1) is 6.58 Å². The van der Waals surface area contributed by atoms with Gasteiger partial charge in [0.2, 0.25) is 0 Å². The third-order valence-electron chi connectivity index (χ3n) is 0. The molecule has 0 unspecified atom stereocenters. The first kappa shape index (κ1) is 8.86. The largest absolute Gasteiger partial charge is 0.103 e. The van der Waals surface area contributed by atoms with Crippen LogP contribution in [0.15, 0.2) is 12.7 Å². The van der Waals surface area contributed by atoms with Gasteiger partial charge >= 0.3 is 0 Å². The van der Waals surface area contributed by atoms with Crippen molar-refractivity contribution < 1.29 is 17.1 Å². The van der Waals surface area contributed by atoms with Crippen molar-refractivity contribution in [2.24, 2.45) is 0 Å². The first-order valence-corrected chi connectivity index (χ1v) is 0.986. The molecule has 0 saturated carbocycles. The number of hydrogen-bond acceptors (Lipinski definition) is 0. The van der Waals surface area contributed by atoms with Crippen molar-refractivity contribution in [1.82, 2.24) is 0 Å². The van der Waals surface area contributed by atoms with Crippen LogP contribution < -0.4 is 0 Å². The van der Waals surface area contributed by atoms with Gasteiger partial charge in [-0.05, 0) is 6.92 Å². The second kappa shape index (κ2) is 10.5. The molecule has 0 bridgehead atoms. The van der Waals surface area contributed by atoms with Crippen LogP contribution in [0.4, 0.5) is 0 Å². The van der Waals surface area contributed by atoms with Crippen LogP contribution in [0.3, 0.4) is 0 Å². The number of allylic oxidation sites excluding steroid dienone is 1. The smallest absolute Gasteiger partial charge is 0 e. The average molecular weight is 97.0 g/mol. The Kier molecular flexibility index (Phi) is 23.2. The van der Waals surface area contributed by atoms with E-state index in [-0.39, 0.29) is 17.1 Å². The second-order valence-corrected chi connectivity index (χ2v) is 0.408. The number of rotatable bonds is 0. The Labute approximate surface area is 37.4 Å². The maximum atomic E-state index is 3.36. The SMILES string of the molecule is C=CC.[Mn]. The molecule has 0 saturated heterocycles. The van der Waals surface area contributed by atoms with E-state index in [1.165, 1.54) is 0 Å². The van der Waals surface area contributed by atoms with Crippen molar-refractivity contribution in [1.29, 1.82) is 0 Å². The zero-order valence-electron chi connectivity index (χ0n) is 2.66. The molecule has 0 spiro atoms. The minimum atomic E-state index is 0. The van der Waals surface area contributed by atoms with E-state index in [0.717, 1.165) is 0 Å². The molecule has 0 rings (SSSR count). The summed E-state index contributed by atoms with van der Waals surface area (Å²) in [7, 11) is 0. The minimum absolute atomic E-state index is 0. The molecular weight excluding hydrogens is 91.0 g/mol. The van der Waals surface area contributed by atoms with Gasteiger partial charge < -0.3 is 0 Å². The Morgan fingerprint density at radius 2 is 1.75 bits per heavy atom. The summed E-state index contributed by atoms with van der Waals surface area (Å²) in [5, 5.41) is 0. The van der Waals surface area contributed by atoms with E-state index >= 15 is 0 Å². The summed E-state index contributed by atoms with van der Waals surface area (Å²) in [5.74, 6) is 0. The molecule has 0 fully saturated rings. The Hall–Kier alpha value is 0.259. The van der Waals surface area contributed by atoms with Gasteiger partial charge in [0.25, 0.3) is 0 Å². The molecule has 0 aromatic heterocycles. The summed E-state index contributed by atoms with van der Waals surface area (Å²) < 4.78 is 0. The molecule has 1 heteroatoms. The van der Waals surface area contributed by atoms with Crippen molar-refractivity contribution in [3.8, 4) is 0 Å². The van der Waals surface area contributed by atoms with Crippen LogP contribution in [0.25, 0.3) is 0 Å². The predicted octanol–water partition coefficient (Wildman–Crippen LogP) is 1.19. The van der Waals surface area contributed by atoms with Crippen LogP contribution in [0, 0.1) is 0 Å². The molecule has 4 heavy (non-hydrogen) atoms. The summed E-state index contributed by atoms with van der Waals surface area (Å²) in [6, 6.07) is 0. The Morgan fingerprint density at radius 3 is 1.75 bits per heavy atom. The maximum absolute atomic E-state index is 3.36. The quantitative estimate of drug-likeness (QED) is 0.314. The van der Waals surface area contributed by atoms with Crippen LogP contribution >= 0.6 is 0 Å². The van der Waals surface area contributed by atoms with Gasteiger partial charge in [0.1, 0.15) is 0 Å². The van der Waals surface area contributed by atoms with Crippen molar-refractivity contribution in [2.75, 3.05) is 0 Å². The molecule has 0 nitrogen and oxygen atoms in total. The third-order valence-corrected chi connectivity index (χ3v) is 0. The van der Waals surface area contributed by atoms with Crippen molar-refractivity contribution in [2.45, 2.75) is 6.92 Å². The summed E-state index contributed by atoms with van der Waals surface area (Å²) in [6.07, 6.45) is 1.75. The number of hydrogen-bond donors (Lipinski definition) is 0. The van der Waals surface area contributed by atoms with E-state index in [2.05, 4.69) is 6.58 Å². The van der Waals surface area contributed by atoms with Crippen molar-refractivity contribution in [3.63, 3.8) is 0 Å². The van der Waals surface area contributed by atoms with Crippen LogP contribution in [0.2, 0.25) is 0 Å². The summed E-state index contributed by atoms with van der Waals surface area (Å²) in [4.78, 5) is 0. The predicted molar refractivity (Wildman–Crippen MR) is 15.9 cm³/mol. The van der Waals surface area contributed by atoms with Crippen molar-refractivity contribution >= 4 is 0 Å². The van der Waals surface area contributed by atoms with Crippen LogP contribution in [-0.2, 0) is 17.1 Å². The fourth-order valence-corrected chi connectivity index (χ4v) is 0. The van der Waals surface area contributed by atoms with E-state index in [0.29, 0.717) is 0 Å². The van der Waals surface area contributed by atoms with Gasteiger partial charge in [0.15, 0.2) is 0 Å². The normalized spacial score (nSPS) is 3.25. The molecule has 0 heterocycles. The zero-order chi connectivity index (χ0) is 2.71. The molecule has 0 atom stereocenters. The van der Waals surface area contributed by atoms with E-state index in [1.54, 1.807) is 6.08 Å². The zero-order valence-corrected chi connectivity index (χ0v) is 3.84. The van der Waals surface area contributed by atoms with Gasteiger partial charge in [-0.3, -0.25) is 0 Å². The van der Waals surface area contributed by atoms with E-state index in [4.69, 9.17) is 0 Å². The maximum Gasteiger partial charge on any atom is 0 e. The van der Waals surface area contributed by atoms with Crippen molar-refractivity contribution in [3.05, 3.63) is 12.7 Å². The summed E-state index contributed by atoms with van der Waals surface area (Å²) >= 11 is 0. The molecular formula is C3H6Mn. The molecule has 0 aliphatic carbocycles. The van der Waals surface area contributed by atoms with Crippen LogP contribution in [0.1, 0.15) is 6.92 Å². The van der Waals surface area contributed by atoms with Crippen LogP contribution in [-0.4, -0.2) is 0 Å². The van der Waals surface area contributed by atoms with Crippen LogP contribution in [0.5, 0.6) is 0 Å². The monoisotopic (exact) mass is 97.0 g/mol. The Morgan fingerprint density at radius 1 is 1.75 bits per heavy atom. The first-order chi connectivity index (χ1) is 1.41. The average Bonchev–Trinajstić information content (AvgIpc) is 0.918. The molecule has 0 aliphatic heterocycles. The summed E-state index contributed by atoms with van der Waals surface area (Å²) in [5.41, 5.74) is 0. The third kappa shape index (κ3) is 53.2.